The lowest BCUT2D eigenvalue weighted by Crippen LogP contribution is -1.84. The van der Waals surface area contributed by atoms with E-state index in [2.05, 4.69) is 24.6 Å². The highest BCUT2D eigenvalue weighted by Crippen LogP contribution is 2.33. The van der Waals surface area contributed by atoms with Gasteiger partial charge in [-0.1, -0.05) is 23.4 Å². The fraction of sp³-hybridized carbons (Fsp3) is 0.0833. The van der Waals surface area contributed by atoms with E-state index in [4.69, 9.17) is 11.6 Å². The molecule has 0 aliphatic heterocycles. The van der Waals surface area contributed by atoms with Crippen molar-refractivity contribution in [2.24, 2.45) is 10.2 Å². The van der Waals surface area contributed by atoms with Crippen molar-refractivity contribution in [3.63, 3.8) is 0 Å². The van der Waals surface area contributed by atoms with E-state index in [0.717, 1.165) is 5.39 Å². The number of rotatable bonds is 3. The van der Waals surface area contributed by atoms with E-state index in [1.54, 1.807) is 12.3 Å². The molecule has 0 spiro atoms. The van der Waals surface area contributed by atoms with Gasteiger partial charge in [0.05, 0.1) is 16.1 Å². The summed E-state index contributed by atoms with van der Waals surface area (Å²) in [6.45, 7) is 0. The van der Waals surface area contributed by atoms with Crippen molar-refractivity contribution in [1.82, 2.24) is 14.3 Å². The highest BCUT2D eigenvalue weighted by atomic mass is 35.5. The topological polar surface area (TPSA) is 83.6 Å². The van der Waals surface area contributed by atoms with E-state index in [9.17, 15) is 5.11 Å². The maximum Gasteiger partial charge on any atom is 0.189 e. The van der Waals surface area contributed by atoms with Crippen LogP contribution in [0.2, 0.25) is 5.02 Å². The Balaban J connectivity index is 1.93. The second-order valence-corrected chi connectivity index (χ2v) is 5.85. The van der Waals surface area contributed by atoms with Crippen LogP contribution in [0.4, 0.5) is 10.7 Å². The Morgan fingerprint density at radius 1 is 1.33 bits per heavy atom. The summed E-state index contributed by atoms with van der Waals surface area (Å²) in [7, 11) is 0. The number of aromatic hydroxyl groups is 1. The van der Waals surface area contributed by atoms with Crippen molar-refractivity contribution < 1.29 is 5.11 Å². The van der Waals surface area contributed by atoms with Crippen LogP contribution in [0.3, 0.4) is 0 Å². The number of fused-ring (bicyclic) bond motifs is 1. The van der Waals surface area contributed by atoms with Gasteiger partial charge in [0.2, 0.25) is 0 Å². The molecule has 6 nitrogen and oxygen atoms in total. The van der Waals surface area contributed by atoms with Crippen LogP contribution in [0.5, 0.6) is 5.75 Å². The summed E-state index contributed by atoms with van der Waals surface area (Å²) in [4.78, 5) is 8.49. The molecule has 0 aliphatic carbocycles. The van der Waals surface area contributed by atoms with Crippen LogP contribution in [0.1, 0.15) is 0 Å². The average molecular weight is 338 g/mol. The van der Waals surface area contributed by atoms with E-state index < -0.39 is 0 Å². The summed E-state index contributed by atoms with van der Waals surface area (Å²) in [5, 5.41) is 19.9. The summed E-state index contributed by atoms with van der Waals surface area (Å²) in [5.41, 5.74) is 1.15. The summed E-state index contributed by atoms with van der Waals surface area (Å²) in [6.07, 6.45) is 3.60. The zero-order valence-electron chi connectivity index (χ0n) is 10.7. The van der Waals surface area contributed by atoms with E-state index in [1.165, 1.54) is 35.4 Å². The van der Waals surface area contributed by atoms with Crippen LogP contribution in [-0.2, 0) is 0 Å². The Morgan fingerprint density at radius 3 is 2.95 bits per heavy atom. The molecule has 1 aromatic carbocycles. The molecule has 3 rings (SSSR count). The Labute approximate surface area is 133 Å². The minimum Gasteiger partial charge on any atom is -0.506 e. The predicted octanol–water partition coefficient (Wildman–Crippen LogP) is 4.58. The van der Waals surface area contributed by atoms with E-state index in [1.807, 2.05) is 6.26 Å². The van der Waals surface area contributed by atoms with Crippen molar-refractivity contribution in [2.75, 3.05) is 6.26 Å². The molecule has 9 heteroatoms. The van der Waals surface area contributed by atoms with Crippen molar-refractivity contribution in [3.8, 4) is 5.75 Å². The molecule has 2 heterocycles. The number of hydrogen-bond donors (Lipinski definition) is 1. The van der Waals surface area contributed by atoms with Crippen LogP contribution in [0, 0.1) is 0 Å². The fourth-order valence-corrected chi connectivity index (χ4v) is 2.69. The second kappa shape index (κ2) is 5.92. The molecular weight excluding hydrogens is 330 g/mol. The van der Waals surface area contributed by atoms with Gasteiger partial charge in [0, 0.05) is 6.20 Å². The highest BCUT2D eigenvalue weighted by molar-refractivity contribution is 7.98. The van der Waals surface area contributed by atoms with E-state index >= 15 is 0 Å². The number of hydrogen-bond acceptors (Lipinski definition) is 8. The molecule has 0 amide bonds. The SMILES string of the molecule is CSc1ncc2c(/N=N/c3ccc(O)c(Cl)c3)snc2n1. The number of nitrogens with zero attached hydrogens (tertiary/aromatic N) is 5. The van der Waals surface area contributed by atoms with Crippen molar-refractivity contribution in [1.29, 1.82) is 0 Å². The summed E-state index contributed by atoms with van der Waals surface area (Å²) in [6, 6.07) is 4.62. The monoisotopic (exact) mass is 337 g/mol. The lowest BCUT2D eigenvalue weighted by Gasteiger charge is -1.96. The molecule has 0 fully saturated rings. The van der Waals surface area contributed by atoms with Crippen LogP contribution in [-0.4, -0.2) is 25.7 Å². The normalized spacial score (nSPS) is 11.5. The molecule has 0 aliphatic rings. The molecule has 21 heavy (non-hydrogen) atoms. The third-order valence-corrected chi connectivity index (χ3v) is 4.17. The summed E-state index contributed by atoms with van der Waals surface area (Å²) >= 11 is 8.48. The number of phenolic OH excluding ortho intramolecular Hbond substituents is 1. The third kappa shape index (κ3) is 2.97. The van der Waals surface area contributed by atoms with Gasteiger partial charge in [-0.2, -0.15) is 4.37 Å². The zero-order chi connectivity index (χ0) is 14.8. The summed E-state index contributed by atoms with van der Waals surface area (Å²) in [5.74, 6) is 0.0110. The fourth-order valence-electron chi connectivity index (χ4n) is 1.54. The van der Waals surface area contributed by atoms with Crippen molar-refractivity contribution >= 4 is 56.6 Å². The second-order valence-electron chi connectivity index (χ2n) is 3.92. The predicted molar refractivity (Wildman–Crippen MR) is 84.3 cm³/mol. The first-order chi connectivity index (χ1) is 10.2. The number of halogens is 1. The minimum atomic E-state index is 0.0110. The Morgan fingerprint density at radius 2 is 2.19 bits per heavy atom. The minimum absolute atomic E-state index is 0.0110. The molecule has 0 unspecified atom stereocenters. The van der Waals surface area contributed by atoms with Crippen LogP contribution in [0.15, 0.2) is 39.8 Å². The largest absolute Gasteiger partial charge is 0.506 e. The average Bonchev–Trinajstić information content (AvgIpc) is 2.90. The van der Waals surface area contributed by atoms with Gasteiger partial charge in [-0.15, -0.1) is 10.2 Å². The van der Waals surface area contributed by atoms with Gasteiger partial charge in [-0.05, 0) is 36.0 Å². The first kappa shape index (κ1) is 14.2. The zero-order valence-corrected chi connectivity index (χ0v) is 13.1. The summed E-state index contributed by atoms with van der Waals surface area (Å²) < 4.78 is 4.23. The maximum absolute atomic E-state index is 9.36. The van der Waals surface area contributed by atoms with Crippen LogP contribution >= 0.6 is 34.9 Å². The van der Waals surface area contributed by atoms with Gasteiger partial charge < -0.3 is 5.11 Å². The molecular formula is C12H8ClN5OS2. The molecule has 0 saturated heterocycles. The van der Waals surface area contributed by atoms with Gasteiger partial charge in [0.15, 0.2) is 15.8 Å². The Bertz CT molecular complexity index is 836. The first-order valence-corrected chi connectivity index (χ1v) is 8.11. The molecule has 0 atom stereocenters. The standard InChI is InChI=1S/C12H8ClN5OS2/c1-20-12-14-5-7-10(15-12)18-21-11(7)17-16-6-2-3-9(19)8(13)4-6/h2-5,19H,1H3/b17-16+. The van der Waals surface area contributed by atoms with E-state index in [-0.39, 0.29) is 10.8 Å². The van der Waals surface area contributed by atoms with Crippen molar-refractivity contribution in [2.45, 2.75) is 5.16 Å². The van der Waals surface area contributed by atoms with Gasteiger partial charge in [-0.25, -0.2) is 9.97 Å². The van der Waals surface area contributed by atoms with Crippen LogP contribution < -0.4 is 0 Å². The molecule has 0 bridgehead atoms. The van der Waals surface area contributed by atoms with Gasteiger partial charge >= 0.3 is 0 Å². The Kier molecular flexibility index (Phi) is 4.00. The highest BCUT2D eigenvalue weighted by Gasteiger charge is 2.08. The molecule has 3 aromatic rings. The number of aromatic nitrogens is 3. The third-order valence-electron chi connectivity index (χ3n) is 2.57. The smallest absolute Gasteiger partial charge is 0.189 e. The van der Waals surface area contributed by atoms with Gasteiger partial charge in [0.25, 0.3) is 0 Å². The van der Waals surface area contributed by atoms with Gasteiger partial charge in [0.1, 0.15) is 5.75 Å². The number of azo groups is 1. The molecule has 0 saturated carbocycles. The maximum atomic E-state index is 9.36. The van der Waals surface area contributed by atoms with E-state index in [0.29, 0.717) is 21.5 Å². The Hall–Kier alpha value is -1.77. The van der Waals surface area contributed by atoms with Crippen LogP contribution in [0.25, 0.3) is 11.0 Å². The van der Waals surface area contributed by atoms with Crippen molar-refractivity contribution in [3.05, 3.63) is 29.4 Å². The molecule has 2 aromatic heterocycles. The molecule has 0 radical (unpaired) electrons. The quantitative estimate of drug-likeness (QED) is 0.429. The number of thioether (sulfide) groups is 1. The lowest BCUT2D eigenvalue weighted by atomic mass is 10.3. The number of phenols is 1. The molecule has 1 N–H and O–H groups in total. The van der Waals surface area contributed by atoms with Gasteiger partial charge in [-0.3, -0.25) is 0 Å². The first-order valence-electron chi connectivity index (χ1n) is 5.74. The molecule has 106 valence electrons. The number of benzene rings is 1. The lowest BCUT2D eigenvalue weighted by molar-refractivity contribution is 0.475.